The van der Waals surface area contributed by atoms with Crippen molar-refractivity contribution in [3.63, 3.8) is 0 Å². The van der Waals surface area contributed by atoms with Gasteiger partial charge in [0.2, 0.25) is 0 Å². The summed E-state index contributed by atoms with van der Waals surface area (Å²) in [4.78, 5) is 14.6. The molecule has 1 aliphatic rings. The Morgan fingerprint density at radius 3 is 2.39 bits per heavy atom. The Bertz CT molecular complexity index is 1000. The van der Waals surface area contributed by atoms with E-state index in [0.717, 1.165) is 35.3 Å². The molecule has 3 rings (SSSR count). The first kappa shape index (κ1) is 25.4. The normalized spacial score (nSPS) is 19.2. The molecule has 0 amide bonds. The first-order chi connectivity index (χ1) is 15.5. The maximum atomic E-state index is 13.3. The number of hydrogen-bond donors (Lipinski definition) is 1. The van der Waals surface area contributed by atoms with Gasteiger partial charge in [0, 0.05) is 11.3 Å². The summed E-state index contributed by atoms with van der Waals surface area (Å²) in [5.74, 6) is 0.261. The van der Waals surface area contributed by atoms with Gasteiger partial charge in [0.05, 0.1) is 0 Å². The fourth-order valence-electron chi connectivity index (χ4n) is 4.30. The average molecular weight is 467 g/mol. The summed E-state index contributed by atoms with van der Waals surface area (Å²) in [7, 11) is 0. The summed E-state index contributed by atoms with van der Waals surface area (Å²) in [5.41, 5.74) is 2.78. The van der Waals surface area contributed by atoms with E-state index in [9.17, 15) is 9.90 Å². The second-order valence-electron chi connectivity index (χ2n) is 10.8. The van der Waals surface area contributed by atoms with E-state index in [0.29, 0.717) is 23.7 Å². The molecular weight excluding hydrogens is 428 g/mol. The SMILES string of the molecule is Cc1ccc(C(C)(C)C)c(SC2=C(O)CC(CCc3ccccc3)(CCC(C)C)OC2=O)c1. The van der Waals surface area contributed by atoms with Crippen LogP contribution in [0.4, 0.5) is 0 Å². The van der Waals surface area contributed by atoms with Gasteiger partial charge in [-0.05, 0) is 66.7 Å². The number of cyclic esters (lactones) is 1. The van der Waals surface area contributed by atoms with Crippen molar-refractivity contribution in [1.29, 1.82) is 0 Å². The summed E-state index contributed by atoms with van der Waals surface area (Å²) in [6, 6.07) is 16.6. The van der Waals surface area contributed by atoms with Gasteiger partial charge in [-0.1, -0.05) is 88.8 Å². The van der Waals surface area contributed by atoms with Crippen molar-refractivity contribution in [2.24, 2.45) is 5.92 Å². The maximum absolute atomic E-state index is 13.3. The predicted octanol–water partition coefficient (Wildman–Crippen LogP) is 7.91. The quantitative estimate of drug-likeness (QED) is 0.402. The highest BCUT2D eigenvalue weighted by Gasteiger charge is 2.42. The number of rotatable bonds is 8. The average Bonchev–Trinajstić information content (AvgIpc) is 2.73. The molecule has 1 aliphatic heterocycles. The summed E-state index contributed by atoms with van der Waals surface area (Å²) < 4.78 is 6.18. The van der Waals surface area contributed by atoms with Crippen molar-refractivity contribution in [2.75, 3.05) is 0 Å². The van der Waals surface area contributed by atoms with Crippen LogP contribution < -0.4 is 0 Å². The van der Waals surface area contributed by atoms with Crippen LogP contribution in [0.2, 0.25) is 0 Å². The van der Waals surface area contributed by atoms with Crippen LogP contribution in [-0.4, -0.2) is 16.7 Å². The molecule has 1 atom stereocenters. The standard InChI is InChI=1S/C29H38O3S/c1-20(2)14-16-29(17-15-22-10-8-7-9-11-22)19-24(30)26(27(31)32-29)33-25-18-21(3)12-13-23(25)28(4,5)6/h7-13,18,20,30H,14-17,19H2,1-6H3. The number of benzene rings is 2. The number of aliphatic hydroxyl groups is 1. The molecule has 0 spiro atoms. The zero-order valence-corrected chi connectivity index (χ0v) is 21.7. The highest BCUT2D eigenvalue weighted by Crippen LogP contribution is 2.44. The molecule has 33 heavy (non-hydrogen) atoms. The van der Waals surface area contributed by atoms with Crippen molar-refractivity contribution >= 4 is 17.7 Å². The second kappa shape index (κ2) is 10.4. The minimum Gasteiger partial charge on any atom is -0.511 e. The van der Waals surface area contributed by atoms with E-state index in [1.54, 1.807) is 0 Å². The van der Waals surface area contributed by atoms with E-state index in [1.165, 1.54) is 17.3 Å². The molecule has 2 aromatic carbocycles. The largest absolute Gasteiger partial charge is 0.511 e. The molecule has 0 aliphatic carbocycles. The zero-order chi connectivity index (χ0) is 24.2. The van der Waals surface area contributed by atoms with Crippen LogP contribution in [0.1, 0.15) is 77.0 Å². The predicted molar refractivity (Wildman–Crippen MR) is 138 cm³/mol. The van der Waals surface area contributed by atoms with Crippen LogP contribution in [0, 0.1) is 12.8 Å². The molecule has 1 heterocycles. The Kier molecular flexibility index (Phi) is 8.00. The minimum absolute atomic E-state index is 0.0680. The van der Waals surface area contributed by atoms with Gasteiger partial charge in [-0.15, -0.1) is 0 Å². The number of carbonyl (C=O) groups excluding carboxylic acids is 1. The Morgan fingerprint density at radius 1 is 1.09 bits per heavy atom. The van der Waals surface area contributed by atoms with E-state index in [-0.39, 0.29) is 11.2 Å². The fraction of sp³-hybridized carbons (Fsp3) is 0.483. The molecule has 0 radical (unpaired) electrons. The lowest BCUT2D eigenvalue weighted by molar-refractivity contribution is -0.159. The number of carbonyl (C=O) groups is 1. The number of thioether (sulfide) groups is 1. The van der Waals surface area contributed by atoms with Gasteiger partial charge in [0.15, 0.2) is 0 Å². The van der Waals surface area contributed by atoms with Gasteiger partial charge >= 0.3 is 5.97 Å². The number of aryl methyl sites for hydroxylation is 2. The van der Waals surface area contributed by atoms with E-state index < -0.39 is 11.6 Å². The topological polar surface area (TPSA) is 46.5 Å². The molecule has 0 aromatic heterocycles. The Labute approximate surface area is 203 Å². The van der Waals surface area contributed by atoms with E-state index >= 15 is 0 Å². The summed E-state index contributed by atoms with van der Waals surface area (Å²) in [6.45, 7) is 12.9. The summed E-state index contributed by atoms with van der Waals surface area (Å²) in [5, 5.41) is 11.1. The van der Waals surface area contributed by atoms with Gasteiger partial charge < -0.3 is 9.84 Å². The molecule has 0 bridgehead atoms. The minimum atomic E-state index is -0.662. The molecule has 0 saturated heterocycles. The molecule has 178 valence electrons. The highest BCUT2D eigenvalue weighted by atomic mass is 32.2. The van der Waals surface area contributed by atoms with E-state index in [1.807, 2.05) is 25.1 Å². The Balaban J connectivity index is 1.88. The van der Waals surface area contributed by atoms with Crippen molar-refractivity contribution in [3.8, 4) is 0 Å². The molecule has 4 heteroatoms. The van der Waals surface area contributed by atoms with Crippen LogP contribution in [0.3, 0.4) is 0 Å². The second-order valence-corrected chi connectivity index (χ2v) is 11.8. The van der Waals surface area contributed by atoms with Crippen LogP contribution in [0.15, 0.2) is 64.1 Å². The van der Waals surface area contributed by atoms with Crippen molar-refractivity contribution in [2.45, 2.75) is 89.6 Å². The van der Waals surface area contributed by atoms with Gasteiger partial charge in [0.1, 0.15) is 16.3 Å². The summed E-state index contributed by atoms with van der Waals surface area (Å²) in [6.07, 6.45) is 3.59. The van der Waals surface area contributed by atoms with Crippen molar-refractivity contribution in [1.82, 2.24) is 0 Å². The maximum Gasteiger partial charge on any atom is 0.349 e. The van der Waals surface area contributed by atoms with Crippen molar-refractivity contribution in [3.05, 3.63) is 75.9 Å². The molecule has 0 saturated carbocycles. The van der Waals surface area contributed by atoms with Crippen molar-refractivity contribution < 1.29 is 14.6 Å². The number of ether oxygens (including phenoxy) is 1. The molecule has 1 N–H and O–H groups in total. The lowest BCUT2D eigenvalue weighted by Gasteiger charge is -2.38. The first-order valence-electron chi connectivity index (χ1n) is 12.0. The van der Waals surface area contributed by atoms with Crippen LogP contribution >= 0.6 is 11.8 Å². The first-order valence-corrected chi connectivity index (χ1v) is 12.8. The van der Waals surface area contributed by atoms with Gasteiger partial charge in [-0.25, -0.2) is 4.79 Å². The number of aliphatic hydroxyl groups excluding tert-OH is 1. The third-order valence-electron chi connectivity index (χ3n) is 6.29. The fourth-order valence-corrected chi connectivity index (χ4v) is 5.56. The third kappa shape index (κ3) is 6.66. The van der Waals surface area contributed by atoms with Crippen LogP contribution in [-0.2, 0) is 21.4 Å². The van der Waals surface area contributed by atoms with Gasteiger partial charge in [0.25, 0.3) is 0 Å². The highest BCUT2D eigenvalue weighted by molar-refractivity contribution is 8.04. The molecule has 2 aromatic rings. The van der Waals surface area contributed by atoms with Crippen LogP contribution in [0.5, 0.6) is 0 Å². The molecular formula is C29H38O3S. The number of esters is 1. The smallest absolute Gasteiger partial charge is 0.349 e. The van der Waals surface area contributed by atoms with Gasteiger partial charge in [-0.2, -0.15) is 0 Å². The van der Waals surface area contributed by atoms with E-state index in [2.05, 4.69) is 65.0 Å². The van der Waals surface area contributed by atoms with E-state index in [4.69, 9.17) is 4.74 Å². The molecule has 1 unspecified atom stereocenters. The molecule has 0 fully saturated rings. The number of hydrogen-bond acceptors (Lipinski definition) is 4. The molecule has 3 nitrogen and oxygen atoms in total. The summed E-state index contributed by atoms with van der Waals surface area (Å²) >= 11 is 1.34. The Morgan fingerprint density at radius 2 is 1.79 bits per heavy atom. The lowest BCUT2D eigenvalue weighted by atomic mass is 9.83. The Hall–Kier alpha value is -2.20. The van der Waals surface area contributed by atoms with Gasteiger partial charge in [-0.3, -0.25) is 0 Å². The zero-order valence-electron chi connectivity index (χ0n) is 20.9. The third-order valence-corrected chi connectivity index (χ3v) is 7.46. The monoisotopic (exact) mass is 466 g/mol. The lowest BCUT2D eigenvalue weighted by Crippen LogP contribution is -2.40. The van der Waals surface area contributed by atoms with Crippen LogP contribution in [0.25, 0.3) is 0 Å².